The van der Waals surface area contributed by atoms with E-state index in [4.69, 9.17) is 4.98 Å². The summed E-state index contributed by atoms with van der Waals surface area (Å²) < 4.78 is 6.50. The second-order valence-corrected chi connectivity index (χ2v) is 13.8. The van der Waals surface area contributed by atoms with Gasteiger partial charge in [-0.25, -0.2) is 4.98 Å². The molecular weight excluding hydrogens is 538 g/mol. The summed E-state index contributed by atoms with van der Waals surface area (Å²) >= 11 is 0. The first-order valence-electron chi connectivity index (χ1n) is 15.8. The molecule has 0 amide bonds. The molecule has 3 heterocycles. The molecule has 0 saturated heterocycles. The van der Waals surface area contributed by atoms with E-state index in [-0.39, 0.29) is 10.8 Å². The SMILES string of the molecule is CC(C)c1cccc(C(C)C)c1-n1ccnc1-c1ccc(C(C)(C)C(C)(C)c2cccc(-[n+]3[c-]n(C)c4ccccc43)c2)[nH]1. The molecule has 226 valence electrons. The molecule has 3 aromatic heterocycles. The lowest BCUT2D eigenvalue weighted by Crippen LogP contribution is -2.41. The molecule has 5 heteroatoms. The van der Waals surface area contributed by atoms with Gasteiger partial charge in [-0.1, -0.05) is 122 Å². The summed E-state index contributed by atoms with van der Waals surface area (Å²) in [6.45, 7) is 18.4. The van der Waals surface area contributed by atoms with Crippen LogP contribution in [-0.4, -0.2) is 19.1 Å². The zero-order chi connectivity index (χ0) is 31.4. The molecule has 0 radical (unpaired) electrons. The molecule has 3 aromatic carbocycles. The van der Waals surface area contributed by atoms with E-state index in [0.29, 0.717) is 11.8 Å². The highest BCUT2D eigenvalue weighted by atomic mass is 15.1. The molecule has 0 aliphatic carbocycles. The first-order chi connectivity index (χ1) is 20.9. The monoisotopic (exact) mass is 583 g/mol. The minimum absolute atomic E-state index is 0.194. The van der Waals surface area contributed by atoms with Crippen LogP contribution >= 0.6 is 0 Å². The number of aromatic nitrogens is 5. The Kier molecular flexibility index (Phi) is 7.39. The molecule has 0 spiro atoms. The largest absolute Gasteiger partial charge is 0.355 e. The fourth-order valence-corrected chi connectivity index (χ4v) is 6.49. The van der Waals surface area contributed by atoms with E-state index in [1.165, 1.54) is 28.1 Å². The summed E-state index contributed by atoms with van der Waals surface area (Å²) in [7, 11) is 2.05. The predicted octanol–water partition coefficient (Wildman–Crippen LogP) is 8.94. The van der Waals surface area contributed by atoms with E-state index in [1.54, 1.807) is 0 Å². The van der Waals surface area contributed by atoms with E-state index < -0.39 is 0 Å². The van der Waals surface area contributed by atoms with E-state index in [2.05, 4.69) is 173 Å². The van der Waals surface area contributed by atoms with Crippen LogP contribution in [0.15, 0.2) is 91.3 Å². The highest BCUT2D eigenvalue weighted by Gasteiger charge is 2.41. The number of fused-ring (bicyclic) bond motifs is 1. The number of para-hydroxylation sites is 3. The highest BCUT2D eigenvalue weighted by molar-refractivity contribution is 5.72. The van der Waals surface area contributed by atoms with Crippen molar-refractivity contribution in [2.75, 3.05) is 0 Å². The number of nitrogens with zero attached hydrogens (tertiary/aromatic N) is 4. The van der Waals surface area contributed by atoms with Crippen LogP contribution in [0.2, 0.25) is 0 Å². The lowest BCUT2D eigenvalue weighted by Gasteiger charge is -2.42. The maximum absolute atomic E-state index is 4.87. The minimum atomic E-state index is -0.215. The number of nitrogens with one attached hydrogen (secondary N) is 1. The lowest BCUT2D eigenvalue weighted by molar-refractivity contribution is -0.573. The van der Waals surface area contributed by atoms with Gasteiger partial charge in [0.05, 0.1) is 35.1 Å². The lowest BCUT2D eigenvalue weighted by atomic mass is 9.62. The second-order valence-electron chi connectivity index (χ2n) is 13.8. The summed E-state index contributed by atoms with van der Waals surface area (Å²) in [6, 6.07) is 28.5. The van der Waals surface area contributed by atoms with Gasteiger partial charge in [-0.3, -0.25) is 4.57 Å². The Morgan fingerprint density at radius 2 is 1.48 bits per heavy atom. The maximum atomic E-state index is 4.87. The fraction of sp³-hybridized carbons (Fsp3) is 0.333. The number of benzene rings is 3. The molecule has 0 aliphatic heterocycles. The summed E-state index contributed by atoms with van der Waals surface area (Å²) in [5, 5.41) is 0. The molecule has 0 aliphatic rings. The van der Waals surface area contributed by atoms with Crippen LogP contribution in [0.5, 0.6) is 0 Å². The van der Waals surface area contributed by atoms with Gasteiger partial charge < -0.3 is 14.1 Å². The van der Waals surface area contributed by atoms with Crippen LogP contribution in [0.4, 0.5) is 0 Å². The van der Waals surface area contributed by atoms with Crippen molar-refractivity contribution >= 4 is 11.0 Å². The van der Waals surface area contributed by atoms with Crippen molar-refractivity contribution in [1.29, 1.82) is 0 Å². The number of rotatable bonds is 8. The molecule has 0 atom stereocenters. The molecule has 0 fully saturated rings. The Morgan fingerprint density at radius 3 is 2.18 bits per heavy atom. The molecule has 0 unspecified atom stereocenters. The average Bonchev–Trinajstić information content (AvgIpc) is 3.76. The Morgan fingerprint density at radius 1 is 0.795 bits per heavy atom. The normalized spacial score (nSPS) is 12.6. The van der Waals surface area contributed by atoms with Gasteiger partial charge in [-0.2, -0.15) is 0 Å². The maximum Gasteiger partial charge on any atom is 0.244 e. The molecule has 0 bridgehead atoms. The van der Waals surface area contributed by atoms with Crippen molar-refractivity contribution in [3.63, 3.8) is 0 Å². The number of aryl methyl sites for hydroxylation is 1. The molecule has 6 aromatic rings. The third kappa shape index (κ3) is 4.79. The van der Waals surface area contributed by atoms with Gasteiger partial charge in [0.15, 0.2) is 5.82 Å². The van der Waals surface area contributed by atoms with Gasteiger partial charge >= 0.3 is 0 Å². The standard InChI is InChI=1S/C39H45N5/c1-26(2)30-16-13-17-31(27(3)4)36(30)43-23-22-40-37(43)32-20-21-35(41-32)39(7,8)38(5,6)28-14-12-15-29(24-28)44-25-42(9)33-18-10-11-19-34(33)44/h10-24,26-27,41H,1-9H3. The fourth-order valence-electron chi connectivity index (χ4n) is 6.49. The minimum Gasteiger partial charge on any atom is -0.355 e. The van der Waals surface area contributed by atoms with E-state index >= 15 is 0 Å². The Balaban J connectivity index is 1.38. The second kappa shape index (κ2) is 11.0. The van der Waals surface area contributed by atoms with Crippen molar-refractivity contribution in [3.05, 3.63) is 120 Å². The van der Waals surface area contributed by atoms with Crippen molar-refractivity contribution in [2.24, 2.45) is 7.05 Å². The van der Waals surface area contributed by atoms with Gasteiger partial charge in [-0.15, -0.1) is 0 Å². The third-order valence-corrected chi connectivity index (χ3v) is 9.95. The molecule has 0 saturated carbocycles. The number of hydrogen-bond acceptors (Lipinski definition) is 1. The molecule has 44 heavy (non-hydrogen) atoms. The molecule has 1 N–H and O–H groups in total. The van der Waals surface area contributed by atoms with Crippen LogP contribution in [-0.2, 0) is 17.9 Å². The van der Waals surface area contributed by atoms with Crippen LogP contribution < -0.4 is 4.57 Å². The van der Waals surface area contributed by atoms with E-state index in [1.807, 2.05) is 6.20 Å². The predicted molar refractivity (Wildman–Crippen MR) is 181 cm³/mol. The highest BCUT2D eigenvalue weighted by Crippen LogP contribution is 2.44. The van der Waals surface area contributed by atoms with Crippen LogP contribution in [0.25, 0.3) is 33.9 Å². The summed E-state index contributed by atoms with van der Waals surface area (Å²) in [4.78, 5) is 8.69. The summed E-state index contributed by atoms with van der Waals surface area (Å²) in [5.41, 5.74) is 10.4. The van der Waals surface area contributed by atoms with E-state index in [0.717, 1.165) is 28.2 Å². The van der Waals surface area contributed by atoms with Gasteiger partial charge in [0.1, 0.15) is 0 Å². The number of imidazole rings is 2. The van der Waals surface area contributed by atoms with Crippen LogP contribution in [0, 0.1) is 6.33 Å². The first kappa shape index (κ1) is 29.7. The van der Waals surface area contributed by atoms with Crippen molar-refractivity contribution < 1.29 is 4.57 Å². The summed E-state index contributed by atoms with van der Waals surface area (Å²) in [6.07, 6.45) is 7.51. The van der Waals surface area contributed by atoms with E-state index in [9.17, 15) is 0 Å². The van der Waals surface area contributed by atoms with Gasteiger partial charge in [0.2, 0.25) is 6.33 Å². The zero-order valence-electron chi connectivity index (χ0n) is 27.6. The molecule has 5 nitrogen and oxygen atoms in total. The van der Waals surface area contributed by atoms with Gasteiger partial charge in [-0.05, 0) is 46.1 Å². The summed E-state index contributed by atoms with van der Waals surface area (Å²) in [5.74, 6) is 1.74. The van der Waals surface area contributed by atoms with Crippen molar-refractivity contribution in [2.45, 2.75) is 78.1 Å². The average molecular weight is 584 g/mol. The Hall–Kier alpha value is -4.38. The van der Waals surface area contributed by atoms with Crippen LogP contribution in [0.3, 0.4) is 0 Å². The smallest absolute Gasteiger partial charge is 0.244 e. The van der Waals surface area contributed by atoms with Gasteiger partial charge in [0.25, 0.3) is 0 Å². The van der Waals surface area contributed by atoms with Crippen molar-refractivity contribution in [1.82, 2.24) is 19.1 Å². The third-order valence-electron chi connectivity index (χ3n) is 9.95. The van der Waals surface area contributed by atoms with Crippen molar-refractivity contribution in [3.8, 4) is 22.9 Å². The number of hydrogen-bond donors (Lipinski definition) is 1. The zero-order valence-corrected chi connectivity index (χ0v) is 27.6. The Bertz CT molecular complexity index is 1920. The topological polar surface area (TPSA) is 42.4 Å². The molecular formula is C39H45N5. The quantitative estimate of drug-likeness (QED) is 0.141. The van der Waals surface area contributed by atoms with Gasteiger partial charge in [0, 0.05) is 23.5 Å². The van der Waals surface area contributed by atoms with Crippen LogP contribution in [0.1, 0.15) is 89.6 Å². The number of aromatic amines is 1. The first-order valence-corrected chi connectivity index (χ1v) is 15.8. The molecule has 6 rings (SSSR count). The Labute approximate surface area is 262 Å². The number of H-pyrrole nitrogens is 1.